The van der Waals surface area contributed by atoms with E-state index in [1.54, 1.807) is 0 Å². The topological polar surface area (TPSA) is 50.1 Å². The van der Waals surface area contributed by atoms with Gasteiger partial charge in [0, 0.05) is 64.6 Å². The molecule has 0 aromatic carbocycles. The normalized spacial score (nSPS) is 17.2. The molecule has 0 saturated carbocycles. The Morgan fingerprint density at radius 1 is 0.952 bits per heavy atom. The molecule has 112 valence electrons. The Morgan fingerprint density at radius 3 is 2.24 bits per heavy atom. The highest BCUT2D eigenvalue weighted by molar-refractivity contribution is 5.01. The Bertz CT molecular complexity index is 568. The second-order valence-electron chi connectivity index (χ2n) is 5.66. The highest BCUT2D eigenvalue weighted by atomic mass is 15.3. The highest BCUT2D eigenvalue weighted by Gasteiger charge is 2.18. The van der Waals surface area contributed by atoms with E-state index >= 15 is 0 Å². The molecule has 3 rings (SSSR count). The lowest BCUT2D eigenvalue weighted by molar-refractivity contribution is 0.118. The molecule has 0 N–H and O–H groups in total. The van der Waals surface area contributed by atoms with Crippen LogP contribution in [0.4, 0.5) is 0 Å². The van der Waals surface area contributed by atoms with Crippen molar-refractivity contribution < 1.29 is 0 Å². The van der Waals surface area contributed by atoms with Crippen molar-refractivity contribution in [2.45, 2.75) is 20.0 Å². The third kappa shape index (κ3) is 3.65. The number of hydrogen-bond acceptors (Lipinski definition) is 5. The monoisotopic (exact) mass is 286 g/mol. The molecule has 1 saturated heterocycles. The van der Waals surface area contributed by atoms with Gasteiger partial charge >= 0.3 is 0 Å². The molecule has 0 spiro atoms. The first-order valence-electron chi connectivity index (χ1n) is 7.39. The van der Waals surface area contributed by atoms with Crippen LogP contribution in [0.25, 0.3) is 0 Å². The van der Waals surface area contributed by atoms with Crippen molar-refractivity contribution >= 4 is 0 Å². The van der Waals surface area contributed by atoms with Crippen molar-refractivity contribution in [1.82, 2.24) is 29.3 Å². The molecule has 1 aliphatic rings. The molecule has 0 radical (unpaired) electrons. The van der Waals surface area contributed by atoms with Gasteiger partial charge in [-0.1, -0.05) is 0 Å². The van der Waals surface area contributed by atoms with Crippen LogP contribution in [-0.2, 0) is 20.1 Å². The standard InChI is InChI=1S/C15H22N6/c1-13-9-18-14(10-17-13)11-20-5-7-21(8-6-20)12-15-16-3-4-19(15)2/h3-4,9-10H,5-8,11-12H2,1-2H3. The van der Waals surface area contributed by atoms with Gasteiger partial charge in [-0.05, 0) is 6.92 Å². The quantitative estimate of drug-likeness (QED) is 0.833. The van der Waals surface area contributed by atoms with Gasteiger partial charge in [0.15, 0.2) is 0 Å². The van der Waals surface area contributed by atoms with Crippen molar-refractivity contribution in [2.24, 2.45) is 7.05 Å². The van der Waals surface area contributed by atoms with Gasteiger partial charge in [-0.15, -0.1) is 0 Å². The fraction of sp³-hybridized carbons (Fsp3) is 0.533. The number of nitrogens with zero attached hydrogens (tertiary/aromatic N) is 6. The second kappa shape index (κ2) is 6.32. The summed E-state index contributed by atoms with van der Waals surface area (Å²) >= 11 is 0. The van der Waals surface area contributed by atoms with Crippen LogP contribution in [0.15, 0.2) is 24.8 Å². The number of hydrogen-bond donors (Lipinski definition) is 0. The van der Waals surface area contributed by atoms with E-state index in [2.05, 4.69) is 36.4 Å². The van der Waals surface area contributed by atoms with E-state index in [0.29, 0.717) is 0 Å². The number of imidazole rings is 1. The summed E-state index contributed by atoms with van der Waals surface area (Å²) in [5.41, 5.74) is 2.02. The van der Waals surface area contributed by atoms with Crippen molar-refractivity contribution in [2.75, 3.05) is 26.2 Å². The Balaban J connectivity index is 1.49. The number of rotatable bonds is 4. The fourth-order valence-corrected chi connectivity index (χ4v) is 2.58. The van der Waals surface area contributed by atoms with Crippen LogP contribution in [-0.4, -0.2) is 55.5 Å². The zero-order valence-electron chi connectivity index (χ0n) is 12.7. The molecule has 0 bridgehead atoms. The third-order valence-corrected chi connectivity index (χ3v) is 3.97. The minimum absolute atomic E-state index is 0.892. The molecule has 3 heterocycles. The first-order chi connectivity index (χ1) is 10.2. The predicted molar refractivity (Wildman–Crippen MR) is 80.5 cm³/mol. The van der Waals surface area contributed by atoms with Crippen LogP contribution in [0.3, 0.4) is 0 Å². The van der Waals surface area contributed by atoms with Gasteiger partial charge in [0.1, 0.15) is 5.82 Å². The van der Waals surface area contributed by atoms with Crippen LogP contribution >= 0.6 is 0 Å². The Morgan fingerprint density at radius 2 is 1.67 bits per heavy atom. The lowest BCUT2D eigenvalue weighted by atomic mass is 10.3. The average molecular weight is 286 g/mol. The first-order valence-corrected chi connectivity index (χ1v) is 7.39. The summed E-state index contributed by atoms with van der Waals surface area (Å²) in [5.74, 6) is 1.13. The van der Waals surface area contributed by atoms with Gasteiger partial charge in [-0.3, -0.25) is 19.8 Å². The summed E-state index contributed by atoms with van der Waals surface area (Å²) in [6.45, 7) is 8.08. The Kier molecular flexibility index (Phi) is 4.26. The summed E-state index contributed by atoms with van der Waals surface area (Å²) in [6.07, 6.45) is 7.59. The predicted octanol–water partition coefficient (Wildman–Crippen LogP) is 0.836. The molecular formula is C15H22N6. The van der Waals surface area contributed by atoms with Crippen molar-refractivity contribution in [3.05, 3.63) is 42.0 Å². The van der Waals surface area contributed by atoms with E-state index in [1.165, 1.54) is 0 Å². The van der Waals surface area contributed by atoms with Crippen molar-refractivity contribution in [1.29, 1.82) is 0 Å². The summed E-state index contributed by atoms with van der Waals surface area (Å²) in [4.78, 5) is 18.0. The van der Waals surface area contributed by atoms with E-state index < -0.39 is 0 Å². The maximum absolute atomic E-state index is 4.43. The molecule has 6 heteroatoms. The molecule has 2 aromatic heterocycles. The molecule has 6 nitrogen and oxygen atoms in total. The summed E-state index contributed by atoms with van der Waals surface area (Å²) in [7, 11) is 2.05. The molecule has 0 aliphatic carbocycles. The molecule has 0 atom stereocenters. The van der Waals surface area contributed by atoms with E-state index in [9.17, 15) is 0 Å². The SMILES string of the molecule is Cc1cnc(CN2CCN(Cc3nccn3C)CC2)cn1. The lowest BCUT2D eigenvalue weighted by Crippen LogP contribution is -2.45. The summed E-state index contributed by atoms with van der Waals surface area (Å²) in [5, 5.41) is 0. The Labute approximate surface area is 125 Å². The van der Waals surface area contributed by atoms with Gasteiger partial charge in [0.25, 0.3) is 0 Å². The van der Waals surface area contributed by atoms with Gasteiger partial charge in [0.2, 0.25) is 0 Å². The summed E-state index contributed by atoms with van der Waals surface area (Å²) < 4.78 is 2.09. The van der Waals surface area contributed by atoms with E-state index in [-0.39, 0.29) is 0 Å². The minimum atomic E-state index is 0.892. The van der Waals surface area contributed by atoms with Crippen molar-refractivity contribution in [3.63, 3.8) is 0 Å². The van der Waals surface area contributed by atoms with E-state index in [4.69, 9.17) is 0 Å². The summed E-state index contributed by atoms with van der Waals surface area (Å²) in [6, 6.07) is 0. The Hall–Kier alpha value is -1.79. The van der Waals surface area contributed by atoms with Crippen LogP contribution in [0.2, 0.25) is 0 Å². The molecule has 21 heavy (non-hydrogen) atoms. The molecule has 0 amide bonds. The van der Waals surface area contributed by atoms with Gasteiger partial charge in [0.05, 0.1) is 17.9 Å². The van der Waals surface area contributed by atoms with Crippen molar-refractivity contribution in [3.8, 4) is 0 Å². The number of aromatic nitrogens is 4. The van der Waals surface area contributed by atoms with Crippen LogP contribution < -0.4 is 0 Å². The third-order valence-electron chi connectivity index (χ3n) is 3.97. The molecule has 1 fully saturated rings. The van der Waals surface area contributed by atoms with Crippen LogP contribution in [0.5, 0.6) is 0 Å². The maximum Gasteiger partial charge on any atom is 0.122 e. The van der Waals surface area contributed by atoms with E-state index in [1.807, 2.05) is 31.7 Å². The zero-order valence-corrected chi connectivity index (χ0v) is 12.7. The fourth-order valence-electron chi connectivity index (χ4n) is 2.58. The second-order valence-corrected chi connectivity index (χ2v) is 5.66. The van der Waals surface area contributed by atoms with Gasteiger partial charge < -0.3 is 4.57 Å². The van der Waals surface area contributed by atoms with Crippen LogP contribution in [0.1, 0.15) is 17.2 Å². The molecule has 1 aliphatic heterocycles. The number of piperazine rings is 1. The molecule has 0 unspecified atom stereocenters. The maximum atomic E-state index is 4.43. The minimum Gasteiger partial charge on any atom is -0.337 e. The van der Waals surface area contributed by atoms with Gasteiger partial charge in [-0.25, -0.2) is 4.98 Å². The zero-order chi connectivity index (χ0) is 14.7. The lowest BCUT2D eigenvalue weighted by Gasteiger charge is -2.34. The smallest absolute Gasteiger partial charge is 0.122 e. The largest absolute Gasteiger partial charge is 0.337 e. The highest BCUT2D eigenvalue weighted by Crippen LogP contribution is 2.09. The first kappa shape index (κ1) is 14.2. The number of aryl methyl sites for hydroxylation is 2. The van der Waals surface area contributed by atoms with E-state index in [0.717, 1.165) is 56.5 Å². The molecule has 2 aromatic rings. The van der Waals surface area contributed by atoms with Crippen LogP contribution in [0, 0.1) is 6.92 Å². The average Bonchev–Trinajstić information content (AvgIpc) is 2.89. The van der Waals surface area contributed by atoms with Gasteiger partial charge in [-0.2, -0.15) is 0 Å². The molecular weight excluding hydrogens is 264 g/mol.